The number of aromatic nitrogens is 2. The molecule has 116 valence electrons. The molecule has 1 aromatic heterocycles. The summed E-state index contributed by atoms with van der Waals surface area (Å²) in [5.41, 5.74) is -0.853. The molecule has 0 spiro atoms. The molecule has 0 aliphatic carbocycles. The zero-order valence-electron chi connectivity index (χ0n) is 12.4. The molecule has 1 atom stereocenters. The van der Waals surface area contributed by atoms with Gasteiger partial charge in [0.1, 0.15) is 6.04 Å². The molecule has 0 aromatic carbocycles. The Morgan fingerprint density at radius 1 is 1.48 bits per heavy atom. The van der Waals surface area contributed by atoms with Crippen LogP contribution >= 0.6 is 11.8 Å². The predicted octanol–water partition coefficient (Wildman–Crippen LogP) is 0.896. The van der Waals surface area contributed by atoms with Crippen LogP contribution in [0.25, 0.3) is 0 Å². The van der Waals surface area contributed by atoms with Crippen molar-refractivity contribution in [3.8, 4) is 0 Å². The van der Waals surface area contributed by atoms with Crippen LogP contribution in [0.3, 0.4) is 0 Å². The van der Waals surface area contributed by atoms with E-state index in [0.717, 1.165) is 11.8 Å². The second kappa shape index (κ2) is 6.75. The van der Waals surface area contributed by atoms with E-state index in [1.54, 1.807) is 6.92 Å². The van der Waals surface area contributed by atoms with E-state index in [1.165, 1.54) is 16.8 Å². The van der Waals surface area contributed by atoms with E-state index in [0.29, 0.717) is 0 Å². The van der Waals surface area contributed by atoms with Crippen LogP contribution in [-0.2, 0) is 9.59 Å². The molecule has 21 heavy (non-hydrogen) atoms. The van der Waals surface area contributed by atoms with Crippen LogP contribution in [0, 0.1) is 0 Å². The van der Waals surface area contributed by atoms with Gasteiger partial charge in [0.2, 0.25) is 5.91 Å². The van der Waals surface area contributed by atoms with Gasteiger partial charge >= 0.3 is 5.97 Å². The topological polar surface area (TPSA) is 101 Å². The number of nitrogens with zero attached hydrogens (tertiary/aromatic N) is 2. The van der Waals surface area contributed by atoms with Crippen LogP contribution in [0.4, 0.5) is 0 Å². The Morgan fingerprint density at radius 3 is 2.62 bits per heavy atom. The molecule has 0 radical (unpaired) electrons. The third kappa shape index (κ3) is 5.58. The Labute approximate surface area is 126 Å². The second-order valence-corrected chi connectivity index (χ2v) is 6.50. The number of carbonyl (C=O) groups excluding carboxylic acids is 1. The fraction of sp³-hybridized carbons (Fsp3) is 0.538. The molecule has 2 N–H and O–H groups in total. The number of aliphatic carboxylic acids is 1. The van der Waals surface area contributed by atoms with Crippen molar-refractivity contribution < 1.29 is 14.7 Å². The molecular weight excluding hydrogens is 294 g/mol. The highest BCUT2D eigenvalue weighted by Gasteiger charge is 2.22. The van der Waals surface area contributed by atoms with Gasteiger partial charge in [-0.25, -0.2) is 0 Å². The maximum atomic E-state index is 12.2. The number of carbonyl (C=O) groups is 2. The first-order chi connectivity index (χ1) is 9.60. The zero-order valence-corrected chi connectivity index (χ0v) is 13.2. The van der Waals surface area contributed by atoms with Gasteiger partial charge in [-0.1, -0.05) is 11.8 Å². The van der Waals surface area contributed by atoms with Crippen molar-refractivity contribution in [2.75, 3.05) is 5.75 Å². The summed E-state index contributed by atoms with van der Waals surface area (Å²) in [6.45, 7) is 7.25. The Hall–Kier alpha value is -1.83. The lowest BCUT2D eigenvalue weighted by molar-refractivity contribution is -0.134. The molecule has 1 rings (SSSR count). The van der Waals surface area contributed by atoms with Crippen LogP contribution in [-0.4, -0.2) is 37.8 Å². The van der Waals surface area contributed by atoms with Crippen LogP contribution in [0.1, 0.15) is 33.7 Å². The molecule has 8 heteroatoms. The molecule has 1 unspecified atom stereocenters. The molecule has 1 aromatic rings. The van der Waals surface area contributed by atoms with Crippen LogP contribution in [0.2, 0.25) is 0 Å². The number of amides is 1. The Balaban J connectivity index is 3.02. The van der Waals surface area contributed by atoms with E-state index < -0.39 is 17.6 Å². The van der Waals surface area contributed by atoms with Crippen molar-refractivity contribution in [1.29, 1.82) is 0 Å². The number of carboxylic acids is 1. The van der Waals surface area contributed by atoms with Crippen molar-refractivity contribution in [1.82, 2.24) is 14.9 Å². The third-order valence-corrected chi connectivity index (χ3v) is 3.38. The predicted molar refractivity (Wildman–Crippen MR) is 79.5 cm³/mol. The fourth-order valence-electron chi connectivity index (χ4n) is 1.53. The van der Waals surface area contributed by atoms with Crippen molar-refractivity contribution in [2.24, 2.45) is 0 Å². The van der Waals surface area contributed by atoms with Crippen LogP contribution in [0.15, 0.2) is 22.2 Å². The number of thioether (sulfide) groups is 1. The fourth-order valence-corrected chi connectivity index (χ4v) is 2.30. The summed E-state index contributed by atoms with van der Waals surface area (Å²) >= 11 is 0.905. The van der Waals surface area contributed by atoms with Gasteiger partial charge < -0.3 is 15.0 Å². The van der Waals surface area contributed by atoms with Gasteiger partial charge in [-0.05, 0) is 27.7 Å². The van der Waals surface area contributed by atoms with Crippen molar-refractivity contribution in [3.05, 3.63) is 22.6 Å². The molecule has 0 aliphatic heterocycles. The average molecular weight is 313 g/mol. The number of nitrogens with one attached hydrogen (secondary N) is 1. The van der Waals surface area contributed by atoms with Crippen molar-refractivity contribution in [2.45, 2.75) is 44.4 Å². The third-order valence-electron chi connectivity index (χ3n) is 2.42. The molecule has 0 bridgehead atoms. The lowest BCUT2D eigenvalue weighted by Gasteiger charge is -2.25. The summed E-state index contributed by atoms with van der Waals surface area (Å²) in [5, 5.41) is 11.8. The molecule has 1 amide bonds. The molecule has 7 nitrogen and oxygen atoms in total. The Kier molecular flexibility index (Phi) is 5.54. The SMILES string of the molecule is CC(C(=O)NC(C)(C)C)n1ccc(=O)nc1SCC(=O)O. The lowest BCUT2D eigenvalue weighted by atomic mass is 10.1. The molecule has 0 saturated heterocycles. The zero-order chi connectivity index (χ0) is 16.2. The summed E-state index contributed by atoms with van der Waals surface area (Å²) in [6.07, 6.45) is 1.45. The minimum Gasteiger partial charge on any atom is -0.481 e. The maximum Gasteiger partial charge on any atom is 0.313 e. The number of carboxylic acid groups (broad SMARTS) is 1. The van der Waals surface area contributed by atoms with Gasteiger partial charge in [0.25, 0.3) is 5.56 Å². The first-order valence-corrected chi connectivity index (χ1v) is 7.34. The lowest BCUT2D eigenvalue weighted by Crippen LogP contribution is -2.44. The highest BCUT2D eigenvalue weighted by Crippen LogP contribution is 2.18. The molecule has 0 saturated carbocycles. The maximum absolute atomic E-state index is 12.2. The summed E-state index contributed by atoms with van der Waals surface area (Å²) < 4.78 is 1.50. The first kappa shape index (κ1) is 17.2. The Morgan fingerprint density at radius 2 is 2.10 bits per heavy atom. The van der Waals surface area contributed by atoms with E-state index in [2.05, 4.69) is 10.3 Å². The molecule has 1 heterocycles. The quantitative estimate of drug-likeness (QED) is 0.618. The average Bonchev–Trinajstić information content (AvgIpc) is 2.33. The standard InChI is InChI=1S/C13H19N3O4S/c1-8(11(20)15-13(2,3)4)16-6-5-9(17)14-12(16)21-7-10(18)19/h5-6,8H,7H2,1-4H3,(H,15,20)(H,18,19). The Bertz CT molecular complexity index is 592. The normalized spacial score (nSPS) is 12.8. The summed E-state index contributed by atoms with van der Waals surface area (Å²) in [6, 6.07) is 0.639. The molecule has 0 fully saturated rings. The minimum absolute atomic E-state index is 0.210. The van der Waals surface area contributed by atoms with E-state index in [9.17, 15) is 14.4 Å². The molecule has 0 aliphatic rings. The van der Waals surface area contributed by atoms with Gasteiger partial charge in [-0.3, -0.25) is 14.4 Å². The van der Waals surface area contributed by atoms with Crippen LogP contribution < -0.4 is 10.9 Å². The van der Waals surface area contributed by atoms with E-state index in [-0.39, 0.29) is 22.4 Å². The highest BCUT2D eigenvalue weighted by atomic mass is 32.2. The number of rotatable bonds is 5. The molecular formula is C13H19N3O4S. The van der Waals surface area contributed by atoms with Crippen molar-refractivity contribution >= 4 is 23.6 Å². The highest BCUT2D eigenvalue weighted by molar-refractivity contribution is 7.99. The van der Waals surface area contributed by atoms with Crippen molar-refractivity contribution in [3.63, 3.8) is 0 Å². The first-order valence-electron chi connectivity index (χ1n) is 6.36. The van der Waals surface area contributed by atoms with E-state index >= 15 is 0 Å². The number of hydrogen-bond acceptors (Lipinski definition) is 5. The monoisotopic (exact) mass is 313 g/mol. The summed E-state index contributed by atoms with van der Waals surface area (Å²) in [4.78, 5) is 37.9. The van der Waals surface area contributed by atoms with E-state index in [4.69, 9.17) is 5.11 Å². The minimum atomic E-state index is -1.02. The van der Waals surface area contributed by atoms with Crippen LogP contribution in [0.5, 0.6) is 0 Å². The van der Waals surface area contributed by atoms with Gasteiger partial charge in [0, 0.05) is 17.8 Å². The smallest absolute Gasteiger partial charge is 0.313 e. The summed E-state index contributed by atoms with van der Waals surface area (Å²) in [5.74, 6) is -1.48. The number of hydrogen-bond donors (Lipinski definition) is 2. The van der Waals surface area contributed by atoms with E-state index in [1.807, 2.05) is 20.8 Å². The van der Waals surface area contributed by atoms with Gasteiger partial charge in [0.15, 0.2) is 5.16 Å². The largest absolute Gasteiger partial charge is 0.481 e. The van der Waals surface area contributed by atoms with Gasteiger partial charge in [-0.15, -0.1) is 0 Å². The summed E-state index contributed by atoms with van der Waals surface area (Å²) in [7, 11) is 0. The van der Waals surface area contributed by atoms with Gasteiger partial charge in [-0.2, -0.15) is 4.98 Å². The second-order valence-electron chi connectivity index (χ2n) is 5.55. The van der Waals surface area contributed by atoms with Gasteiger partial charge in [0.05, 0.1) is 5.75 Å².